The summed E-state index contributed by atoms with van der Waals surface area (Å²) < 4.78 is 34.7. The van der Waals surface area contributed by atoms with Crippen molar-refractivity contribution in [3.05, 3.63) is 0 Å². The van der Waals surface area contributed by atoms with Gasteiger partial charge in [-0.05, 0) is 6.42 Å². The van der Waals surface area contributed by atoms with Crippen molar-refractivity contribution in [1.82, 2.24) is 0 Å². The monoisotopic (exact) mass is 195 g/mol. The lowest BCUT2D eigenvalue weighted by Crippen LogP contribution is -2.12. The molecule has 0 aromatic rings. The molecule has 0 fully saturated rings. The number of hydrogen-bond acceptors (Lipinski definition) is 5. The highest BCUT2D eigenvalue weighted by Crippen LogP contribution is 1.92. The molecular formula is C6H11O5S-. The normalized spacial score (nSPS) is 11.2. The summed E-state index contributed by atoms with van der Waals surface area (Å²) in [6.07, 6.45) is 0.321. The first-order valence-electron chi connectivity index (χ1n) is 3.55. The number of hydrogen-bond donors (Lipinski definition) is 0. The first-order valence-corrected chi connectivity index (χ1v) is 5.12. The van der Waals surface area contributed by atoms with Gasteiger partial charge in [0.15, 0.2) is 0 Å². The molecule has 0 heterocycles. The summed E-state index contributed by atoms with van der Waals surface area (Å²) in [7, 11) is -4.30. The first kappa shape index (κ1) is 11.4. The minimum absolute atomic E-state index is 0.262. The number of ether oxygens (including phenoxy) is 1. The Bertz CT molecular complexity index is 230. The summed E-state index contributed by atoms with van der Waals surface area (Å²) in [4.78, 5) is 10.6. The quantitative estimate of drug-likeness (QED) is 0.451. The summed E-state index contributed by atoms with van der Waals surface area (Å²) in [6.45, 7) is 2.08. The maximum absolute atomic E-state index is 10.6. The van der Waals surface area contributed by atoms with Crippen LogP contribution in [0.15, 0.2) is 0 Å². The van der Waals surface area contributed by atoms with Crippen LogP contribution < -0.4 is 0 Å². The largest absolute Gasteiger partial charge is 0.748 e. The van der Waals surface area contributed by atoms with E-state index in [4.69, 9.17) is 0 Å². The van der Waals surface area contributed by atoms with Gasteiger partial charge in [0.2, 0.25) is 0 Å². The van der Waals surface area contributed by atoms with E-state index in [-0.39, 0.29) is 13.0 Å². The predicted octanol–water partition coefficient (Wildman–Crippen LogP) is -0.125. The van der Waals surface area contributed by atoms with Gasteiger partial charge in [-0.25, -0.2) is 8.42 Å². The average Bonchev–Trinajstić information content (AvgIpc) is 1.95. The molecule has 0 radical (unpaired) electrons. The van der Waals surface area contributed by atoms with Crippen molar-refractivity contribution in [2.75, 3.05) is 12.4 Å². The van der Waals surface area contributed by atoms with Gasteiger partial charge in [-0.2, -0.15) is 0 Å². The lowest BCUT2D eigenvalue weighted by molar-refractivity contribution is -0.143. The molecule has 0 aromatic carbocycles. The van der Waals surface area contributed by atoms with Crippen LogP contribution in [-0.4, -0.2) is 31.3 Å². The highest BCUT2D eigenvalue weighted by atomic mass is 32.2. The minimum Gasteiger partial charge on any atom is -0.748 e. The van der Waals surface area contributed by atoms with Crippen LogP contribution >= 0.6 is 0 Å². The van der Waals surface area contributed by atoms with Gasteiger partial charge in [-0.1, -0.05) is 6.92 Å². The highest BCUT2D eigenvalue weighted by molar-refractivity contribution is 7.85. The van der Waals surface area contributed by atoms with Gasteiger partial charge >= 0.3 is 5.97 Å². The second-order valence-electron chi connectivity index (χ2n) is 2.23. The van der Waals surface area contributed by atoms with E-state index in [9.17, 15) is 17.8 Å². The number of carbonyl (C=O) groups excluding carboxylic acids is 1. The summed E-state index contributed by atoms with van der Waals surface area (Å²) in [6, 6.07) is 0. The van der Waals surface area contributed by atoms with Crippen LogP contribution in [0.3, 0.4) is 0 Å². The van der Waals surface area contributed by atoms with Crippen LogP contribution in [0.25, 0.3) is 0 Å². The van der Waals surface area contributed by atoms with Gasteiger partial charge in [0, 0.05) is 5.75 Å². The summed E-state index contributed by atoms with van der Waals surface area (Å²) >= 11 is 0. The fourth-order valence-corrected chi connectivity index (χ4v) is 0.913. The Balaban J connectivity index is 3.58. The van der Waals surface area contributed by atoms with E-state index in [1.807, 2.05) is 6.92 Å². The number of rotatable bonds is 5. The number of carbonyl (C=O) groups is 1. The van der Waals surface area contributed by atoms with E-state index >= 15 is 0 Å². The van der Waals surface area contributed by atoms with Crippen LogP contribution in [-0.2, 0) is 19.6 Å². The Labute approximate surface area is 71.5 Å². The van der Waals surface area contributed by atoms with Crippen molar-refractivity contribution in [1.29, 1.82) is 0 Å². The molecule has 12 heavy (non-hydrogen) atoms. The molecule has 0 atom stereocenters. The minimum atomic E-state index is -4.30. The molecule has 0 saturated heterocycles. The third-order valence-electron chi connectivity index (χ3n) is 1.02. The van der Waals surface area contributed by atoms with Gasteiger partial charge in [0.05, 0.1) is 23.1 Å². The Morgan fingerprint density at radius 3 is 2.50 bits per heavy atom. The summed E-state index contributed by atoms with van der Waals surface area (Å²) in [5.41, 5.74) is 0. The van der Waals surface area contributed by atoms with Gasteiger partial charge in [-0.3, -0.25) is 4.79 Å². The lowest BCUT2D eigenvalue weighted by Gasteiger charge is -2.05. The molecule has 72 valence electrons. The standard InChI is InChI=1S/C6H12O5S/c1-2-4-11-6(7)3-5-12(8,9)10/h2-5H2,1H3,(H,8,9,10)/p-1. The van der Waals surface area contributed by atoms with E-state index in [0.717, 1.165) is 0 Å². The van der Waals surface area contributed by atoms with E-state index in [1.54, 1.807) is 0 Å². The van der Waals surface area contributed by atoms with Crippen molar-refractivity contribution < 1.29 is 22.5 Å². The topological polar surface area (TPSA) is 83.5 Å². The molecule has 6 heteroatoms. The Kier molecular flexibility index (Phi) is 4.84. The first-order chi connectivity index (χ1) is 5.45. The van der Waals surface area contributed by atoms with Crippen molar-refractivity contribution in [3.63, 3.8) is 0 Å². The molecule has 0 unspecified atom stereocenters. The van der Waals surface area contributed by atoms with Gasteiger partial charge in [0.25, 0.3) is 0 Å². The molecule has 0 amide bonds. The van der Waals surface area contributed by atoms with Crippen LogP contribution in [0.1, 0.15) is 19.8 Å². The highest BCUT2D eigenvalue weighted by Gasteiger charge is 2.04. The van der Waals surface area contributed by atoms with E-state index in [2.05, 4.69) is 4.74 Å². The third kappa shape index (κ3) is 7.49. The molecule has 0 aliphatic rings. The maximum Gasteiger partial charge on any atom is 0.306 e. The zero-order valence-electron chi connectivity index (χ0n) is 6.78. The number of esters is 1. The molecule has 0 aliphatic heterocycles. The molecule has 0 rings (SSSR count). The zero-order chi connectivity index (χ0) is 9.61. The van der Waals surface area contributed by atoms with Crippen LogP contribution in [0.5, 0.6) is 0 Å². The van der Waals surface area contributed by atoms with E-state index in [1.165, 1.54) is 0 Å². The fourth-order valence-electron chi connectivity index (χ4n) is 0.496. The molecule has 0 saturated carbocycles. The maximum atomic E-state index is 10.6. The van der Waals surface area contributed by atoms with Crippen LogP contribution in [0.2, 0.25) is 0 Å². The van der Waals surface area contributed by atoms with Crippen LogP contribution in [0, 0.1) is 0 Å². The molecule has 0 aromatic heterocycles. The second kappa shape index (κ2) is 5.10. The molecule has 5 nitrogen and oxygen atoms in total. The van der Waals surface area contributed by atoms with Gasteiger partial charge in [0.1, 0.15) is 0 Å². The lowest BCUT2D eigenvalue weighted by atomic mass is 10.5. The predicted molar refractivity (Wildman–Crippen MR) is 40.4 cm³/mol. The summed E-state index contributed by atoms with van der Waals surface area (Å²) in [5.74, 6) is -1.33. The molecule has 0 bridgehead atoms. The van der Waals surface area contributed by atoms with Gasteiger partial charge < -0.3 is 9.29 Å². The van der Waals surface area contributed by atoms with Gasteiger partial charge in [-0.15, -0.1) is 0 Å². The molecular weight excluding hydrogens is 184 g/mol. The average molecular weight is 195 g/mol. The fraction of sp³-hybridized carbons (Fsp3) is 0.833. The molecule has 0 spiro atoms. The Hall–Kier alpha value is -0.620. The van der Waals surface area contributed by atoms with Crippen molar-refractivity contribution >= 4 is 16.1 Å². The SMILES string of the molecule is CCCOC(=O)CCS(=O)(=O)[O-]. The van der Waals surface area contributed by atoms with Crippen molar-refractivity contribution in [2.45, 2.75) is 19.8 Å². The van der Waals surface area contributed by atoms with E-state index < -0.39 is 21.8 Å². The Morgan fingerprint density at radius 1 is 1.50 bits per heavy atom. The Morgan fingerprint density at radius 2 is 2.08 bits per heavy atom. The smallest absolute Gasteiger partial charge is 0.306 e. The third-order valence-corrected chi connectivity index (χ3v) is 1.73. The van der Waals surface area contributed by atoms with Crippen LogP contribution in [0.4, 0.5) is 0 Å². The van der Waals surface area contributed by atoms with Crippen molar-refractivity contribution in [3.8, 4) is 0 Å². The van der Waals surface area contributed by atoms with Crippen molar-refractivity contribution in [2.24, 2.45) is 0 Å². The second-order valence-corrected chi connectivity index (χ2v) is 3.76. The van der Waals surface area contributed by atoms with E-state index in [0.29, 0.717) is 6.42 Å². The summed E-state index contributed by atoms with van der Waals surface area (Å²) in [5, 5.41) is 0. The molecule has 0 aliphatic carbocycles. The molecule has 0 N–H and O–H groups in total. The zero-order valence-corrected chi connectivity index (χ0v) is 7.59.